The van der Waals surface area contributed by atoms with E-state index in [2.05, 4.69) is 24.8 Å². The van der Waals surface area contributed by atoms with Crippen molar-refractivity contribution in [1.82, 2.24) is 4.90 Å². The highest BCUT2D eigenvalue weighted by Gasteiger charge is 2.33. The van der Waals surface area contributed by atoms with Gasteiger partial charge in [-0.1, -0.05) is 26.0 Å². The fraction of sp³-hybridized carbons (Fsp3) is 0.444. The van der Waals surface area contributed by atoms with Gasteiger partial charge in [0, 0.05) is 41.5 Å². The first kappa shape index (κ1) is 17.1. The van der Waals surface area contributed by atoms with E-state index in [1.165, 1.54) is 4.88 Å². The lowest BCUT2D eigenvalue weighted by atomic mass is 9.80. The summed E-state index contributed by atoms with van der Waals surface area (Å²) in [7, 11) is 0. The predicted molar refractivity (Wildman–Crippen MR) is 98.1 cm³/mol. The smallest absolute Gasteiger partial charge is 0.278 e. The van der Waals surface area contributed by atoms with Crippen LogP contribution in [-0.2, 0) is 6.54 Å². The highest BCUT2D eigenvalue weighted by molar-refractivity contribution is 7.15. The number of piperidine rings is 1. The van der Waals surface area contributed by atoms with Crippen LogP contribution in [0.25, 0.3) is 10.4 Å². The van der Waals surface area contributed by atoms with E-state index in [-0.39, 0.29) is 22.1 Å². The lowest BCUT2D eigenvalue weighted by Crippen LogP contribution is -2.51. The summed E-state index contributed by atoms with van der Waals surface area (Å²) in [5, 5.41) is 11.2. The Balaban J connectivity index is 1.76. The number of para-hydroxylation sites is 1. The molecule has 1 unspecified atom stereocenters. The van der Waals surface area contributed by atoms with Crippen molar-refractivity contribution in [2.24, 2.45) is 11.1 Å². The van der Waals surface area contributed by atoms with Crippen molar-refractivity contribution in [2.75, 3.05) is 13.1 Å². The summed E-state index contributed by atoms with van der Waals surface area (Å²) >= 11 is 1.63. The number of benzene rings is 1. The molecular weight excluding hydrogens is 322 g/mol. The van der Waals surface area contributed by atoms with E-state index in [0.29, 0.717) is 5.56 Å². The molecule has 1 aromatic heterocycles. The van der Waals surface area contributed by atoms with Gasteiger partial charge in [0.2, 0.25) is 0 Å². The number of nitrogens with zero attached hydrogens (tertiary/aromatic N) is 2. The maximum Gasteiger partial charge on any atom is 0.278 e. The summed E-state index contributed by atoms with van der Waals surface area (Å²) in [6, 6.07) is 11.2. The van der Waals surface area contributed by atoms with Gasteiger partial charge in [-0.3, -0.25) is 15.0 Å². The quantitative estimate of drug-likeness (QED) is 0.674. The van der Waals surface area contributed by atoms with E-state index >= 15 is 0 Å². The van der Waals surface area contributed by atoms with Crippen LogP contribution >= 0.6 is 11.3 Å². The average molecular weight is 345 g/mol. The van der Waals surface area contributed by atoms with Crippen LogP contribution in [0.4, 0.5) is 5.69 Å². The van der Waals surface area contributed by atoms with Crippen molar-refractivity contribution in [1.29, 1.82) is 0 Å². The standard InChI is InChI=1S/C18H23N3O2S/c1-18(2)12-20(10-9-17(18)19)11-13-7-8-16(24-13)14-5-3-4-6-15(14)21(22)23/h3-8,17H,9-12,19H2,1-2H3. The Morgan fingerprint density at radius 1 is 1.33 bits per heavy atom. The summed E-state index contributed by atoms with van der Waals surface area (Å²) < 4.78 is 0. The molecule has 6 heteroatoms. The molecule has 1 aliphatic heterocycles. The number of likely N-dealkylation sites (tertiary alicyclic amines) is 1. The molecule has 0 aliphatic carbocycles. The Bertz CT molecular complexity index is 741. The molecule has 1 aliphatic rings. The van der Waals surface area contributed by atoms with Crippen molar-refractivity contribution >= 4 is 17.0 Å². The number of hydrogen-bond donors (Lipinski definition) is 1. The van der Waals surface area contributed by atoms with E-state index in [9.17, 15) is 10.1 Å². The molecule has 0 spiro atoms. The topological polar surface area (TPSA) is 72.4 Å². The predicted octanol–water partition coefficient (Wildman–Crippen LogP) is 3.88. The van der Waals surface area contributed by atoms with E-state index in [1.807, 2.05) is 18.2 Å². The van der Waals surface area contributed by atoms with E-state index in [4.69, 9.17) is 5.73 Å². The molecule has 0 bridgehead atoms. The zero-order valence-corrected chi connectivity index (χ0v) is 14.9. The Kier molecular flexibility index (Phi) is 4.71. The van der Waals surface area contributed by atoms with Crippen LogP contribution in [0, 0.1) is 15.5 Å². The molecule has 1 aromatic carbocycles. The highest BCUT2D eigenvalue weighted by Crippen LogP contribution is 2.36. The van der Waals surface area contributed by atoms with E-state index in [0.717, 1.165) is 30.9 Å². The first-order chi connectivity index (χ1) is 11.4. The highest BCUT2D eigenvalue weighted by atomic mass is 32.1. The fourth-order valence-electron chi connectivity index (χ4n) is 3.29. The molecule has 1 atom stereocenters. The third-order valence-electron chi connectivity index (χ3n) is 4.80. The molecule has 5 nitrogen and oxygen atoms in total. The molecule has 2 aromatic rings. The molecule has 0 radical (unpaired) electrons. The van der Waals surface area contributed by atoms with Gasteiger partial charge >= 0.3 is 0 Å². The summed E-state index contributed by atoms with van der Waals surface area (Å²) in [5.41, 5.74) is 7.18. The van der Waals surface area contributed by atoms with E-state index < -0.39 is 0 Å². The SMILES string of the molecule is CC1(C)CN(Cc2ccc(-c3ccccc3[N+](=O)[O-])s2)CCC1N. The third kappa shape index (κ3) is 3.50. The first-order valence-corrected chi connectivity index (χ1v) is 8.99. The lowest BCUT2D eigenvalue weighted by Gasteiger charge is -2.42. The van der Waals surface area contributed by atoms with Crippen LogP contribution in [0.1, 0.15) is 25.1 Å². The summed E-state index contributed by atoms with van der Waals surface area (Å²) in [6.45, 7) is 7.30. The van der Waals surface area contributed by atoms with Crippen LogP contribution in [0.2, 0.25) is 0 Å². The van der Waals surface area contributed by atoms with Gasteiger partial charge in [0.1, 0.15) is 0 Å². The summed E-state index contributed by atoms with van der Waals surface area (Å²) in [4.78, 5) is 15.5. The van der Waals surface area contributed by atoms with Crippen LogP contribution in [0.15, 0.2) is 36.4 Å². The van der Waals surface area contributed by atoms with Gasteiger partial charge < -0.3 is 5.73 Å². The maximum absolute atomic E-state index is 11.2. The second-order valence-electron chi connectivity index (χ2n) is 7.13. The van der Waals surface area contributed by atoms with Gasteiger partial charge in [0.05, 0.1) is 10.5 Å². The molecule has 1 fully saturated rings. The normalized spacial score (nSPS) is 20.9. The Morgan fingerprint density at radius 3 is 2.79 bits per heavy atom. The molecule has 2 heterocycles. The minimum Gasteiger partial charge on any atom is -0.327 e. The lowest BCUT2D eigenvalue weighted by molar-refractivity contribution is -0.384. The van der Waals surface area contributed by atoms with Crippen molar-refractivity contribution in [3.05, 3.63) is 51.4 Å². The molecule has 0 amide bonds. The van der Waals surface area contributed by atoms with Crippen LogP contribution in [0.3, 0.4) is 0 Å². The minimum atomic E-state index is -0.316. The van der Waals surface area contributed by atoms with Gasteiger partial charge in [-0.05, 0) is 30.0 Å². The van der Waals surface area contributed by atoms with Gasteiger partial charge in [-0.15, -0.1) is 11.3 Å². The van der Waals surface area contributed by atoms with Gasteiger partial charge in [0.25, 0.3) is 5.69 Å². The summed E-state index contributed by atoms with van der Waals surface area (Å²) in [5.74, 6) is 0. The van der Waals surface area contributed by atoms with Crippen molar-refractivity contribution in [3.8, 4) is 10.4 Å². The Hall–Kier alpha value is -1.76. The average Bonchev–Trinajstić information content (AvgIpc) is 2.99. The zero-order valence-electron chi connectivity index (χ0n) is 14.1. The molecule has 128 valence electrons. The number of thiophene rings is 1. The molecule has 2 N–H and O–H groups in total. The molecule has 3 rings (SSSR count). The number of nitrogens with two attached hydrogens (primary N) is 1. The largest absolute Gasteiger partial charge is 0.327 e. The van der Waals surface area contributed by atoms with Crippen LogP contribution in [-0.4, -0.2) is 29.0 Å². The van der Waals surface area contributed by atoms with Crippen molar-refractivity contribution in [3.63, 3.8) is 0 Å². The first-order valence-electron chi connectivity index (χ1n) is 8.17. The maximum atomic E-state index is 11.2. The second kappa shape index (κ2) is 6.63. The number of rotatable bonds is 4. The Labute approximate surface area is 146 Å². The zero-order chi connectivity index (χ0) is 17.3. The number of hydrogen-bond acceptors (Lipinski definition) is 5. The monoisotopic (exact) mass is 345 g/mol. The van der Waals surface area contributed by atoms with E-state index in [1.54, 1.807) is 23.5 Å². The van der Waals surface area contributed by atoms with Gasteiger partial charge in [-0.25, -0.2) is 0 Å². The molecule has 24 heavy (non-hydrogen) atoms. The van der Waals surface area contributed by atoms with Crippen molar-refractivity contribution in [2.45, 2.75) is 32.9 Å². The molecule has 0 saturated carbocycles. The van der Waals surface area contributed by atoms with Crippen molar-refractivity contribution < 1.29 is 4.92 Å². The van der Waals surface area contributed by atoms with Crippen LogP contribution in [0.5, 0.6) is 0 Å². The Morgan fingerprint density at radius 2 is 2.08 bits per heavy atom. The molecular formula is C18H23N3O2S. The fourth-order valence-corrected chi connectivity index (χ4v) is 4.37. The minimum absolute atomic E-state index is 0.122. The third-order valence-corrected chi connectivity index (χ3v) is 5.90. The molecule has 1 saturated heterocycles. The van der Waals surface area contributed by atoms with Gasteiger partial charge in [0.15, 0.2) is 0 Å². The summed E-state index contributed by atoms with van der Waals surface area (Å²) in [6.07, 6.45) is 1.01. The number of nitro groups is 1. The number of nitro benzene ring substituents is 1. The van der Waals surface area contributed by atoms with Gasteiger partial charge in [-0.2, -0.15) is 0 Å². The van der Waals surface area contributed by atoms with Crippen LogP contribution < -0.4 is 5.73 Å². The second-order valence-corrected chi connectivity index (χ2v) is 8.30.